The topological polar surface area (TPSA) is 68.1 Å². The van der Waals surface area contributed by atoms with E-state index < -0.39 is 0 Å². The molecule has 0 heterocycles. The van der Waals surface area contributed by atoms with Crippen LogP contribution in [-0.4, -0.2) is 26.3 Å². The van der Waals surface area contributed by atoms with Crippen molar-refractivity contribution in [3.05, 3.63) is 9.81 Å². The molecule has 0 unspecified atom stereocenters. The summed E-state index contributed by atoms with van der Waals surface area (Å²) in [5.74, 6) is 0. The molecule has 88 valence electrons. The van der Waals surface area contributed by atoms with E-state index in [0.717, 1.165) is 0 Å². The minimum Gasteiger partial charge on any atom is -0.380 e. The third-order valence-corrected chi connectivity index (χ3v) is 1.97. The highest BCUT2D eigenvalue weighted by atomic mass is 16.5. The first-order chi connectivity index (χ1) is 6.83. The summed E-state index contributed by atoms with van der Waals surface area (Å²) in [6.07, 6.45) is 0. The fourth-order valence-electron chi connectivity index (χ4n) is 1.04. The van der Waals surface area contributed by atoms with Gasteiger partial charge in [0.2, 0.25) is 0 Å². The zero-order valence-electron chi connectivity index (χ0n) is 9.95. The van der Waals surface area contributed by atoms with Crippen molar-refractivity contribution >= 4 is 0 Å². The molecule has 0 amide bonds. The molecular weight excluding hydrogens is 196 g/mol. The lowest BCUT2D eigenvalue weighted by Crippen LogP contribution is -2.28. The van der Waals surface area contributed by atoms with Gasteiger partial charge in [-0.3, -0.25) is 0 Å². The van der Waals surface area contributed by atoms with Crippen LogP contribution in [0.1, 0.15) is 27.7 Å². The Bertz CT molecular complexity index is 193. The van der Waals surface area contributed by atoms with Crippen LogP contribution >= 0.6 is 0 Å². The molecule has 0 fully saturated rings. The van der Waals surface area contributed by atoms with E-state index in [1.807, 2.05) is 27.7 Å². The summed E-state index contributed by atoms with van der Waals surface area (Å²) < 4.78 is 5.47. The Kier molecular flexibility index (Phi) is 5.57. The van der Waals surface area contributed by atoms with Gasteiger partial charge in [-0.25, -0.2) is 0 Å². The van der Waals surface area contributed by atoms with Crippen LogP contribution in [0.2, 0.25) is 0 Å². The van der Waals surface area contributed by atoms with E-state index in [2.05, 4.69) is 10.4 Å². The van der Waals surface area contributed by atoms with Crippen LogP contribution in [0.5, 0.6) is 0 Å². The minimum absolute atomic E-state index is 0.235. The highest BCUT2D eigenvalue weighted by Crippen LogP contribution is 2.20. The molecule has 0 saturated carbocycles. The second-order valence-electron chi connectivity index (χ2n) is 5.40. The molecule has 0 bridgehead atoms. The summed E-state index contributed by atoms with van der Waals surface area (Å²) in [6, 6.07) is 0. The quantitative estimate of drug-likeness (QED) is 0.585. The fraction of sp³-hybridized carbons (Fsp3) is 1.00. The third kappa shape index (κ3) is 7.13. The van der Waals surface area contributed by atoms with Gasteiger partial charge in [-0.05, 0) is 0 Å². The predicted molar refractivity (Wildman–Crippen MR) is 59.7 cm³/mol. The van der Waals surface area contributed by atoms with Gasteiger partial charge in [-0.15, -0.1) is 0 Å². The van der Waals surface area contributed by atoms with Crippen molar-refractivity contribution in [2.45, 2.75) is 27.7 Å². The molecule has 0 radical (unpaired) electrons. The monoisotopic (exact) mass is 216 g/mol. The number of hydrogen-bond acceptors (Lipinski definition) is 5. The van der Waals surface area contributed by atoms with Gasteiger partial charge >= 0.3 is 0 Å². The largest absolute Gasteiger partial charge is 0.380 e. The van der Waals surface area contributed by atoms with Gasteiger partial charge in [0.25, 0.3) is 0 Å². The van der Waals surface area contributed by atoms with Crippen molar-refractivity contribution in [2.75, 3.05) is 26.3 Å². The molecule has 0 saturated heterocycles. The maximum atomic E-state index is 10.1. The molecule has 0 aliphatic carbocycles. The number of hydrogen-bond donors (Lipinski definition) is 0. The molecule has 15 heavy (non-hydrogen) atoms. The van der Waals surface area contributed by atoms with E-state index in [9.17, 15) is 9.81 Å². The first kappa shape index (κ1) is 14.2. The first-order valence-electron chi connectivity index (χ1n) is 4.99. The second-order valence-corrected chi connectivity index (χ2v) is 5.40. The van der Waals surface area contributed by atoms with Crippen LogP contribution in [0.4, 0.5) is 0 Å². The molecule has 0 atom stereocenters. The van der Waals surface area contributed by atoms with Gasteiger partial charge in [0.15, 0.2) is 0 Å². The summed E-state index contributed by atoms with van der Waals surface area (Å²) in [5, 5.41) is 5.72. The Labute approximate surface area is 90.5 Å². The molecule has 0 spiro atoms. The first-order valence-corrected chi connectivity index (χ1v) is 4.99. The van der Waals surface area contributed by atoms with Gasteiger partial charge in [-0.1, -0.05) is 38.0 Å². The summed E-state index contributed by atoms with van der Waals surface area (Å²) in [6.45, 7) is 9.05. The standard InChI is InChI=1S/C10H20N2O3/c1-9(2,5-11-13)7-15-8-10(3,4)6-12-14/h5-8H2,1-4H3. The number of nitroso groups, excluding NO2 is 2. The van der Waals surface area contributed by atoms with Crippen LogP contribution in [-0.2, 0) is 4.74 Å². The minimum atomic E-state index is -0.244. The third-order valence-electron chi connectivity index (χ3n) is 1.97. The highest BCUT2D eigenvalue weighted by Gasteiger charge is 2.23. The van der Waals surface area contributed by atoms with Crippen LogP contribution < -0.4 is 0 Å². The lowest BCUT2D eigenvalue weighted by molar-refractivity contribution is 0.0212. The summed E-state index contributed by atoms with van der Waals surface area (Å²) in [4.78, 5) is 20.2. The average Bonchev–Trinajstić information content (AvgIpc) is 2.02. The molecule has 0 aromatic heterocycles. The lowest BCUT2D eigenvalue weighted by Gasteiger charge is -2.25. The maximum absolute atomic E-state index is 10.1. The van der Waals surface area contributed by atoms with Crippen LogP contribution in [0.3, 0.4) is 0 Å². The van der Waals surface area contributed by atoms with Crippen LogP contribution in [0, 0.1) is 20.6 Å². The van der Waals surface area contributed by atoms with Crippen molar-refractivity contribution < 1.29 is 4.74 Å². The smallest absolute Gasteiger partial charge is 0.0884 e. The van der Waals surface area contributed by atoms with E-state index in [1.54, 1.807) is 0 Å². The summed E-state index contributed by atoms with van der Waals surface area (Å²) in [5.41, 5.74) is -0.487. The molecule has 0 aromatic rings. The maximum Gasteiger partial charge on any atom is 0.0884 e. The van der Waals surface area contributed by atoms with E-state index in [-0.39, 0.29) is 23.9 Å². The van der Waals surface area contributed by atoms with E-state index in [0.29, 0.717) is 13.2 Å². The van der Waals surface area contributed by atoms with Crippen molar-refractivity contribution in [1.82, 2.24) is 0 Å². The molecule has 5 nitrogen and oxygen atoms in total. The molecule has 0 rings (SSSR count). The van der Waals surface area contributed by atoms with E-state index in [4.69, 9.17) is 4.74 Å². The summed E-state index contributed by atoms with van der Waals surface area (Å²) in [7, 11) is 0. The van der Waals surface area contributed by atoms with E-state index >= 15 is 0 Å². The second kappa shape index (κ2) is 5.90. The molecular formula is C10H20N2O3. The van der Waals surface area contributed by atoms with Crippen molar-refractivity contribution in [3.63, 3.8) is 0 Å². The SMILES string of the molecule is CC(C)(CN=O)COCC(C)(C)CN=O. The summed E-state index contributed by atoms with van der Waals surface area (Å²) >= 11 is 0. The number of rotatable bonds is 8. The molecule has 0 aliphatic heterocycles. The zero-order valence-corrected chi connectivity index (χ0v) is 9.95. The van der Waals surface area contributed by atoms with Gasteiger partial charge in [0, 0.05) is 10.8 Å². The fourth-order valence-corrected chi connectivity index (χ4v) is 1.04. The van der Waals surface area contributed by atoms with E-state index in [1.165, 1.54) is 0 Å². The Morgan fingerprint density at radius 1 is 0.867 bits per heavy atom. The lowest BCUT2D eigenvalue weighted by atomic mass is 9.93. The Hall–Kier alpha value is -0.840. The molecule has 0 aliphatic rings. The molecule has 5 heteroatoms. The molecule has 0 N–H and O–H groups in total. The zero-order chi connectivity index (χ0) is 11.9. The number of ether oxygens (including phenoxy) is 1. The van der Waals surface area contributed by atoms with Gasteiger partial charge in [0.1, 0.15) is 0 Å². The normalized spacial score (nSPS) is 12.5. The Balaban J connectivity index is 3.87. The van der Waals surface area contributed by atoms with Crippen molar-refractivity contribution in [1.29, 1.82) is 0 Å². The number of nitrogens with zero attached hydrogens (tertiary/aromatic N) is 2. The van der Waals surface area contributed by atoms with Crippen molar-refractivity contribution in [3.8, 4) is 0 Å². The predicted octanol–water partition coefficient (Wildman–Crippen LogP) is 2.59. The van der Waals surface area contributed by atoms with Gasteiger partial charge in [-0.2, -0.15) is 9.81 Å². The van der Waals surface area contributed by atoms with Crippen molar-refractivity contribution in [2.24, 2.45) is 21.2 Å². The molecule has 0 aromatic carbocycles. The Morgan fingerprint density at radius 2 is 1.20 bits per heavy atom. The average molecular weight is 216 g/mol. The van der Waals surface area contributed by atoms with Crippen LogP contribution in [0.25, 0.3) is 0 Å². The van der Waals surface area contributed by atoms with Gasteiger partial charge in [0.05, 0.1) is 26.3 Å². The Morgan fingerprint density at radius 3 is 1.47 bits per heavy atom. The highest BCUT2D eigenvalue weighted by molar-refractivity contribution is 4.73. The van der Waals surface area contributed by atoms with Crippen LogP contribution in [0.15, 0.2) is 10.4 Å². The van der Waals surface area contributed by atoms with Gasteiger partial charge < -0.3 is 4.74 Å².